The van der Waals surface area contributed by atoms with E-state index in [0.29, 0.717) is 13.2 Å². The first-order chi connectivity index (χ1) is 7.86. The Morgan fingerprint density at radius 3 is 2.25 bits per heavy atom. The number of nitrogens with two attached hydrogens (primary N) is 1. The first-order valence-corrected chi connectivity index (χ1v) is 6.28. The molecule has 0 unspecified atom stereocenters. The maximum atomic E-state index is 5.37. The molecule has 0 radical (unpaired) electrons. The Bertz CT molecular complexity index is 236. The van der Waals surface area contributed by atoms with Gasteiger partial charge in [-0.2, -0.15) is 0 Å². The van der Waals surface area contributed by atoms with Gasteiger partial charge in [0.15, 0.2) is 0 Å². The van der Waals surface area contributed by atoms with E-state index in [1.165, 1.54) is 5.56 Å². The van der Waals surface area contributed by atoms with E-state index in [2.05, 4.69) is 19.1 Å². The summed E-state index contributed by atoms with van der Waals surface area (Å²) < 4.78 is 5.37. The van der Waals surface area contributed by atoms with Crippen molar-refractivity contribution in [1.29, 1.82) is 0 Å². The van der Waals surface area contributed by atoms with E-state index in [1.54, 1.807) is 0 Å². The molecule has 2 nitrogen and oxygen atoms in total. The zero-order valence-corrected chi connectivity index (χ0v) is 11.4. The number of hydrogen-bond donors (Lipinski definition) is 1. The molecule has 0 aromatic heterocycles. The maximum Gasteiger partial charge on any atom is 0.119 e. The minimum atomic E-state index is 0.566. The summed E-state index contributed by atoms with van der Waals surface area (Å²) in [5, 5.41) is 0. The van der Waals surface area contributed by atoms with Crippen molar-refractivity contribution in [3.63, 3.8) is 0 Å². The quantitative estimate of drug-likeness (QED) is 0.849. The SMILES string of the molecule is CC.CC.CCc1cccc(OCCN)c1. The highest BCUT2D eigenvalue weighted by molar-refractivity contribution is 5.28. The summed E-state index contributed by atoms with van der Waals surface area (Å²) in [5.41, 5.74) is 6.62. The van der Waals surface area contributed by atoms with Crippen molar-refractivity contribution in [1.82, 2.24) is 0 Å². The molecule has 0 aliphatic rings. The highest BCUT2D eigenvalue weighted by Crippen LogP contribution is 2.12. The minimum absolute atomic E-state index is 0.566. The number of hydrogen-bond acceptors (Lipinski definition) is 2. The van der Waals surface area contributed by atoms with Crippen molar-refractivity contribution in [3.05, 3.63) is 29.8 Å². The smallest absolute Gasteiger partial charge is 0.119 e. The van der Waals surface area contributed by atoms with Gasteiger partial charge in [-0.1, -0.05) is 46.8 Å². The summed E-state index contributed by atoms with van der Waals surface area (Å²) in [6, 6.07) is 8.10. The van der Waals surface area contributed by atoms with E-state index >= 15 is 0 Å². The number of aryl methyl sites for hydroxylation is 1. The number of benzene rings is 1. The third-order valence-electron chi connectivity index (χ3n) is 1.69. The summed E-state index contributed by atoms with van der Waals surface area (Å²) in [6.45, 7) is 11.3. The van der Waals surface area contributed by atoms with E-state index in [0.717, 1.165) is 12.2 Å². The Kier molecular flexibility index (Phi) is 15.2. The monoisotopic (exact) mass is 225 g/mol. The average Bonchev–Trinajstić information content (AvgIpc) is 2.41. The molecular weight excluding hydrogens is 198 g/mol. The second-order valence-electron chi connectivity index (χ2n) is 2.64. The first kappa shape index (κ1) is 17.4. The van der Waals surface area contributed by atoms with Gasteiger partial charge in [0, 0.05) is 6.54 Å². The van der Waals surface area contributed by atoms with E-state index in [-0.39, 0.29) is 0 Å². The lowest BCUT2D eigenvalue weighted by atomic mass is 10.2. The van der Waals surface area contributed by atoms with Crippen molar-refractivity contribution < 1.29 is 4.74 Å². The number of ether oxygens (including phenoxy) is 1. The predicted molar refractivity (Wildman–Crippen MR) is 73.1 cm³/mol. The Labute approximate surface area is 101 Å². The lowest BCUT2D eigenvalue weighted by molar-refractivity contribution is 0.328. The Morgan fingerprint density at radius 1 is 1.12 bits per heavy atom. The molecule has 0 bridgehead atoms. The number of rotatable bonds is 4. The van der Waals surface area contributed by atoms with Crippen LogP contribution in [0.5, 0.6) is 5.75 Å². The van der Waals surface area contributed by atoms with Crippen LogP contribution in [0.1, 0.15) is 40.2 Å². The third-order valence-corrected chi connectivity index (χ3v) is 1.69. The fraction of sp³-hybridized carbons (Fsp3) is 0.571. The van der Waals surface area contributed by atoms with Gasteiger partial charge in [0.1, 0.15) is 12.4 Å². The van der Waals surface area contributed by atoms with Crippen LogP contribution in [0.2, 0.25) is 0 Å². The van der Waals surface area contributed by atoms with Gasteiger partial charge in [0.2, 0.25) is 0 Å². The molecule has 2 heteroatoms. The zero-order chi connectivity index (χ0) is 12.8. The van der Waals surface area contributed by atoms with Crippen molar-refractivity contribution in [2.24, 2.45) is 5.73 Å². The van der Waals surface area contributed by atoms with Crippen LogP contribution >= 0.6 is 0 Å². The van der Waals surface area contributed by atoms with Crippen LogP contribution < -0.4 is 10.5 Å². The van der Waals surface area contributed by atoms with Gasteiger partial charge in [0.25, 0.3) is 0 Å². The fourth-order valence-electron chi connectivity index (χ4n) is 1.03. The molecule has 1 aromatic carbocycles. The molecule has 0 saturated carbocycles. The molecule has 0 aliphatic heterocycles. The maximum absolute atomic E-state index is 5.37. The molecule has 0 fully saturated rings. The molecule has 1 aromatic rings. The standard InChI is InChI=1S/C10H15NO.2C2H6/c1-2-9-4-3-5-10(8-9)12-7-6-11;2*1-2/h3-5,8H,2,6-7,11H2,1H3;2*1-2H3. The molecule has 1 rings (SSSR count). The summed E-state index contributed by atoms with van der Waals surface area (Å²) in [4.78, 5) is 0. The average molecular weight is 225 g/mol. The van der Waals surface area contributed by atoms with Crippen LogP contribution in [0.3, 0.4) is 0 Å². The molecule has 0 heterocycles. The van der Waals surface area contributed by atoms with E-state index in [9.17, 15) is 0 Å². The van der Waals surface area contributed by atoms with Gasteiger partial charge < -0.3 is 10.5 Å². The largest absolute Gasteiger partial charge is 0.492 e. The third kappa shape index (κ3) is 8.30. The van der Waals surface area contributed by atoms with Crippen molar-refractivity contribution >= 4 is 0 Å². The highest BCUT2D eigenvalue weighted by Gasteiger charge is 1.93. The molecule has 0 spiro atoms. The Balaban J connectivity index is 0. The van der Waals surface area contributed by atoms with Crippen molar-refractivity contribution in [2.45, 2.75) is 41.0 Å². The van der Waals surface area contributed by atoms with Gasteiger partial charge in [-0.05, 0) is 24.1 Å². The van der Waals surface area contributed by atoms with E-state index < -0.39 is 0 Å². The highest BCUT2D eigenvalue weighted by atomic mass is 16.5. The van der Waals surface area contributed by atoms with E-state index in [1.807, 2.05) is 39.8 Å². The van der Waals surface area contributed by atoms with Crippen LogP contribution in [-0.4, -0.2) is 13.2 Å². The summed E-state index contributed by atoms with van der Waals surface area (Å²) in [6.07, 6.45) is 1.04. The molecule has 0 amide bonds. The predicted octanol–water partition coefficient (Wildman–Crippen LogP) is 3.64. The van der Waals surface area contributed by atoms with Crippen LogP contribution in [0.4, 0.5) is 0 Å². The van der Waals surface area contributed by atoms with Crippen molar-refractivity contribution in [3.8, 4) is 5.75 Å². The van der Waals surface area contributed by atoms with Gasteiger partial charge in [0.05, 0.1) is 0 Å². The Hall–Kier alpha value is -1.02. The van der Waals surface area contributed by atoms with Crippen LogP contribution in [0.25, 0.3) is 0 Å². The summed E-state index contributed by atoms with van der Waals surface area (Å²) >= 11 is 0. The zero-order valence-electron chi connectivity index (χ0n) is 11.4. The van der Waals surface area contributed by atoms with Crippen LogP contribution in [0.15, 0.2) is 24.3 Å². The Morgan fingerprint density at radius 2 is 1.75 bits per heavy atom. The van der Waals surface area contributed by atoms with Crippen molar-refractivity contribution in [2.75, 3.05) is 13.2 Å². The fourth-order valence-corrected chi connectivity index (χ4v) is 1.03. The molecule has 0 aliphatic carbocycles. The van der Waals surface area contributed by atoms with Gasteiger partial charge in [-0.25, -0.2) is 0 Å². The molecular formula is C14H27NO. The van der Waals surface area contributed by atoms with Crippen LogP contribution in [0, 0.1) is 0 Å². The molecule has 2 N–H and O–H groups in total. The van der Waals surface area contributed by atoms with Gasteiger partial charge in [-0.15, -0.1) is 0 Å². The summed E-state index contributed by atoms with van der Waals surface area (Å²) in [5.74, 6) is 0.916. The second-order valence-corrected chi connectivity index (χ2v) is 2.64. The molecule has 0 saturated heterocycles. The molecule has 0 atom stereocenters. The molecule has 16 heavy (non-hydrogen) atoms. The van der Waals surface area contributed by atoms with Gasteiger partial charge in [-0.3, -0.25) is 0 Å². The van der Waals surface area contributed by atoms with E-state index in [4.69, 9.17) is 10.5 Å². The minimum Gasteiger partial charge on any atom is -0.492 e. The molecule has 94 valence electrons. The van der Waals surface area contributed by atoms with Crippen LogP contribution in [-0.2, 0) is 6.42 Å². The normalized spacial score (nSPS) is 8.12. The lowest BCUT2D eigenvalue weighted by Gasteiger charge is -2.05. The second kappa shape index (κ2) is 14.0. The first-order valence-electron chi connectivity index (χ1n) is 6.28. The summed E-state index contributed by atoms with van der Waals surface area (Å²) in [7, 11) is 0. The lowest BCUT2D eigenvalue weighted by Crippen LogP contribution is -2.10. The topological polar surface area (TPSA) is 35.2 Å². The van der Waals surface area contributed by atoms with Gasteiger partial charge >= 0.3 is 0 Å².